The second-order valence-electron chi connectivity index (χ2n) is 6.86. The van der Waals surface area contributed by atoms with Crippen LogP contribution in [0.4, 0.5) is 0 Å². The zero-order chi connectivity index (χ0) is 17.2. The number of likely N-dealkylation sites (tertiary alicyclic amines) is 1. The molecule has 134 valence electrons. The Kier molecular flexibility index (Phi) is 8.02. The van der Waals surface area contributed by atoms with Crippen molar-refractivity contribution in [2.24, 2.45) is 10.9 Å². The molecule has 0 bridgehead atoms. The van der Waals surface area contributed by atoms with E-state index < -0.39 is 0 Å². The standard InChI is InChI=1S/C19H33N5/c1-16-7-13-24(14-8-16)12-4-9-22-19(20-3)23-11-6-18-5-10-21-15-17(18)2/h5,10,15-16H,4,6-9,11-14H2,1-3H3,(H2,20,22,23). The second-order valence-corrected chi connectivity index (χ2v) is 6.86. The zero-order valence-corrected chi connectivity index (χ0v) is 15.5. The Hall–Kier alpha value is -1.62. The van der Waals surface area contributed by atoms with Gasteiger partial charge >= 0.3 is 0 Å². The van der Waals surface area contributed by atoms with Gasteiger partial charge in [0.15, 0.2) is 5.96 Å². The van der Waals surface area contributed by atoms with E-state index in [1.165, 1.54) is 50.0 Å². The van der Waals surface area contributed by atoms with Gasteiger partial charge in [-0.2, -0.15) is 0 Å². The Morgan fingerprint density at radius 3 is 2.75 bits per heavy atom. The van der Waals surface area contributed by atoms with E-state index in [0.29, 0.717) is 0 Å². The molecule has 0 unspecified atom stereocenters. The number of rotatable bonds is 7. The molecule has 1 aliphatic heterocycles. The molecule has 1 aliphatic rings. The van der Waals surface area contributed by atoms with Gasteiger partial charge < -0.3 is 15.5 Å². The summed E-state index contributed by atoms with van der Waals surface area (Å²) in [5, 5.41) is 6.81. The van der Waals surface area contributed by atoms with Crippen LogP contribution in [-0.4, -0.2) is 55.6 Å². The highest BCUT2D eigenvalue weighted by molar-refractivity contribution is 5.79. The number of hydrogen-bond acceptors (Lipinski definition) is 3. The van der Waals surface area contributed by atoms with Crippen LogP contribution in [0.5, 0.6) is 0 Å². The lowest BCUT2D eigenvalue weighted by Crippen LogP contribution is -2.40. The summed E-state index contributed by atoms with van der Waals surface area (Å²) < 4.78 is 0. The van der Waals surface area contributed by atoms with Crippen molar-refractivity contribution in [1.82, 2.24) is 20.5 Å². The predicted octanol–water partition coefficient (Wildman–Crippen LogP) is 2.22. The number of hydrogen-bond donors (Lipinski definition) is 2. The fourth-order valence-corrected chi connectivity index (χ4v) is 3.11. The fourth-order valence-electron chi connectivity index (χ4n) is 3.11. The summed E-state index contributed by atoms with van der Waals surface area (Å²) in [5.41, 5.74) is 2.59. The van der Waals surface area contributed by atoms with E-state index in [1.807, 2.05) is 19.4 Å². The van der Waals surface area contributed by atoms with E-state index in [2.05, 4.69) is 45.4 Å². The van der Waals surface area contributed by atoms with E-state index in [0.717, 1.165) is 31.4 Å². The summed E-state index contributed by atoms with van der Waals surface area (Å²) in [6.07, 6.45) is 8.64. The highest BCUT2D eigenvalue weighted by Gasteiger charge is 2.14. The Balaban J connectivity index is 1.58. The molecule has 2 N–H and O–H groups in total. The average molecular weight is 332 g/mol. The van der Waals surface area contributed by atoms with Crippen LogP contribution in [0.1, 0.15) is 37.3 Å². The Morgan fingerprint density at radius 2 is 2.04 bits per heavy atom. The fraction of sp³-hybridized carbons (Fsp3) is 0.684. The Bertz CT molecular complexity index is 506. The maximum Gasteiger partial charge on any atom is 0.190 e. The summed E-state index contributed by atoms with van der Waals surface area (Å²) in [4.78, 5) is 11.0. The molecule has 0 atom stereocenters. The van der Waals surface area contributed by atoms with Crippen LogP contribution >= 0.6 is 0 Å². The van der Waals surface area contributed by atoms with Crippen LogP contribution in [0.15, 0.2) is 23.5 Å². The molecule has 0 radical (unpaired) electrons. The van der Waals surface area contributed by atoms with Crippen molar-refractivity contribution in [2.45, 2.75) is 39.5 Å². The maximum absolute atomic E-state index is 4.30. The molecule has 2 heterocycles. The molecule has 5 nitrogen and oxygen atoms in total. The lowest BCUT2D eigenvalue weighted by Gasteiger charge is -2.30. The highest BCUT2D eigenvalue weighted by atomic mass is 15.2. The zero-order valence-electron chi connectivity index (χ0n) is 15.5. The largest absolute Gasteiger partial charge is 0.356 e. The summed E-state index contributed by atoms with van der Waals surface area (Å²) in [6, 6.07) is 2.09. The van der Waals surface area contributed by atoms with E-state index in [-0.39, 0.29) is 0 Å². The molecule has 1 aromatic heterocycles. The normalized spacial score (nSPS) is 17.0. The quantitative estimate of drug-likeness (QED) is 0.457. The number of aryl methyl sites for hydroxylation is 1. The van der Waals surface area contributed by atoms with Crippen LogP contribution < -0.4 is 10.6 Å². The van der Waals surface area contributed by atoms with Gasteiger partial charge in [0.2, 0.25) is 0 Å². The molecular formula is C19H33N5. The number of aromatic nitrogens is 1. The molecule has 0 aliphatic carbocycles. The van der Waals surface area contributed by atoms with E-state index in [9.17, 15) is 0 Å². The number of nitrogens with zero attached hydrogens (tertiary/aromatic N) is 3. The minimum atomic E-state index is 0.883. The second kappa shape index (κ2) is 10.3. The lowest BCUT2D eigenvalue weighted by molar-refractivity contribution is 0.191. The minimum absolute atomic E-state index is 0.883. The SMILES string of the molecule is CN=C(NCCCN1CCC(C)CC1)NCCc1ccncc1C. The molecule has 0 spiro atoms. The maximum atomic E-state index is 4.30. The van der Waals surface area contributed by atoms with Crippen LogP contribution in [0.25, 0.3) is 0 Å². The van der Waals surface area contributed by atoms with Crippen molar-refractivity contribution in [3.8, 4) is 0 Å². The first-order valence-corrected chi connectivity index (χ1v) is 9.25. The van der Waals surface area contributed by atoms with Crippen LogP contribution in [0, 0.1) is 12.8 Å². The van der Waals surface area contributed by atoms with Crippen LogP contribution in [0.2, 0.25) is 0 Å². The van der Waals surface area contributed by atoms with E-state index in [4.69, 9.17) is 0 Å². The molecule has 5 heteroatoms. The summed E-state index contributed by atoms with van der Waals surface area (Å²) in [7, 11) is 1.83. The first kappa shape index (κ1) is 18.7. The molecule has 24 heavy (non-hydrogen) atoms. The Morgan fingerprint density at radius 1 is 1.29 bits per heavy atom. The number of nitrogens with one attached hydrogen (secondary N) is 2. The van der Waals surface area contributed by atoms with Gasteiger partial charge in [0, 0.05) is 32.5 Å². The first-order valence-electron chi connectivity index (χ1n) is 9.25. The molecule has 1 fully saturated rings. The van der Waals surface area contributed by atoms with Crippen molar-refractivity contribution in [2.75, 3.05) is 39.8 Å². The minimum Gasteiger partial charge on any atom is -0.356 e. The molecular weight excluding hydrogens is 298 g/mol. The topological polar surface area (TPSA) is 52.6 Å². The Labute approximate surface area is 147 Å². The smallest absolute Gasteiger partial charge is 0.190 e. The molecule has 0 amide bonds. The number of guanidine groups is 1. The number of pyridine rings is 1. The van der Waals surface area contributed by atoms with Crippen molar-refractivity contribution in [1.29, 1.82) is 0 Å². The molecule has 1 saturated heterocycles. The van der Waals surface area contributed by atoms with Gasteiger partial charge in [0.05, 0.1) is 0 Å². The molecule has 0 saturated carbocycles. The van der Waals surface area contributed by atoms with Crippen LogP contribution in [0.3, 0.4) is 0 Å². The van der Waals surface area contributed by atoms with Crippen molar-refractivity contribution < 1.29 is 0 Å². The van der Waals surface area contributed by atoms with Gasteiger partial charge in [-0.15, -0.1) is 0 Å². The third-order valence-corrected chi connectivity index (χ3v) is 4.87. The van der Waals surface area contributed by atoms with Gasteiger partial charge in [0.1, 0.15) is 0 Å². The third kappa shape index (κ3) is 6.48. The van der Waals surface area contributed by atoms with E-state index >= 15 is 0 Å². The van der Waals surface area contributed by atoms with E-state index in [1.54, 1.807) is 0 Å². The van der Waals surface area contributed by atoms with Crippen LogP contribution in [-0.2, 0) is 6.42 Å². The predicted molar refractivity (Wildman–Crippen MR) is 101 cm³/mol. The molecule has 0 aromatic carbocycles. The third-order valence-electron chi connectivity index (χ3n) is 4.87. The first-order chi connectivity index (χ1) is 11.7. The average Bonchev–Trinajstić information content (AvgIpc) is 2.60. The number of aliphatic imine (C=N–C) groups is 1. The summed E-state index contributed by atoms with van der Waals surface area (Å²) in [6.45, 7) is 10.0. The number of piperidine rings is 1. The van der Waals surface area contributed by atoms with Gasteiger partial charge in [-0.1, -0.05) is 6.92 Å². The molecule has 2 rings (SSSR count). The van der Waals surface area contributed by atoms with Gasteiger partial charge in [-0.3, -0.25) is 9.98 Å². The lowest BCUT2D eigenvalue weighted by atomic mass is 9.99. The van der Waals surface area contributed by atoms with Crippen molar-refractivity contribution >= 4 is 5.96 Å². The molecule has 1 aromatic rings. The van der Waals surface area contributed by atoms with Gasteiger partial charge in [-0.05, 0) is 75.4 Å². The van der Waals surface area contributed by atoms with Crippen molar-refractivity contribution in [3.05, 3.63) is 29.6 Å². The summed E-state index contributed by atoms with van der Waals surface area (Å²) >= 11 is 0. The summed E-state index contributed by atoms with van der Waals surface area (Å²) in [5.74, 6) is 1.81. The van der Waals surface area contributed by atoms with Crippen molar-refractivity contribution in [3.63, 3.8) is 0 Å². The van der Waals surface area contributed by atoms with Gasteiger partial charge in [0.25, 0.3) is 0 Å². The monoisotopic (exact) mass is 331 g/mol. The highest BCUT2D eigenvalue weighted by Crippen LogP contribution is 2.15. The van der Waals surface area contributed by atoms with Gasteiger partial charge in [-0.25, -0.2) is 0 Å².